The molecule has 0 radical (unpaired) electrons. The number of esters is 1. The van der Waals surface area contributed by atoms with Crippen molar-refractivity contribution in [1.82, 2.24) is 0 Å². The van der Waals surface area contributed by atoms with Gasteiger partial charge in [0, 0.05) is 23.9 Å². The van der Waals surface area contributed by atoms with Gasteiger partial charge in [0.2, 0.25) is 12.5 Å². The molecular weight excluding hydrogens is 520 g/mol. The van der Waals surface area contributed by atoms with Crippen LogP contribution in [0.25, 0.3) is 22.0 Å². The Kier molecular flexibility index (Phi) is 12.4. The van der Waals surface area contributed by atoms with Crippen LogP contribution in [0.3, 0.4) is 0 Å². The standard InChI is InChI=1S/C33H32N2O6/c1-34-22-4-24-40-30-17-13-28(14-18-30)27-11-6-26(7-12-27)10-21-33(39)41-23-3-2-5-25-8-15-29(16-9-25)35-31(36)19-20-32(37)38/h6-21H,2-5,22-24H2,(H,35,36)(H,37,38)/b20-19-,21-10+. The highest BCUT2D eigenvalue weighted by molar-refractivity contribution is 6.02. The van der Waals surface area contributed by atoms with Crippen LogP contribution < -0.4 is 10.1 Å². The SMILES string of the molecule is [C-]#[N+]CCCOc1ccc(-c2ccc(/C=C/C(=O)OCCCCc3ccc(NC(=O)/C=C\C(=O)O)cc3)cc2)cc1. The highest BCUT2D eigenvalue weighted by Crippen LogP contribution is 2.23. The number of ether oxygens (including phenoxy) is 2. The summed E-state index contributed by atoms with van der Waals surface area (Å²) in [6.07, 6.45) is 7.96. The van der Waals surface area contributed by atoms with Crippen molar-refractivity contribution in [2.45, 2.75) is 25.7 Å². The number of rotatable bonds is 15. The molecule has 3 aromatic carbocycles. The number of anilines is 1. The molecule has 0 atom stereocenters. The largest absolute Gasteiger partial charge is 0.493 e. The van der Waals surface area contributed by atoms with Crippen molar-refractivity contribution in [2.75, 3.05) is 25.1 Å². The average Bonchev–Trinajstić information content (AvgIpc) is 2.98. The molecule has 0 aliphatic rings. The maximum Gasteiger partial charge on any atom is 0.330 e. The summed E-state index contributed by atoms with van der Waals surface area (Å²) in [4.78, 5) is 37.5. The first-order valence-electron chi connectivity index (χ1n) is 13.3. The van der Waals surface area contributed by atoms with Crippen molar-refractivity contribution in [3.05, 3.63) is 114 Å². The molecule has 8 nitrogen and oxygen atoms in total. The van der Waals surface area contributed by atoms with Gasteiger partial charge in [0.1, 0.15) is 5.75 Å². The van der Waals surface area contributed by atoms with Gasteiger partial charge in [-0.05, 0) is 71.9 Å². The molecule has 0 saturated carbocycles. The van der Waals surface area contributed by atoms with Crippen LogP contribution in [0.2, 0.25) is 0 Å². The molecule has 0 unspecified atom stereocenters. The van der Waals surface area contributed by atoms with Crippen molar-refractivity contribution >= 4 is 29.6 Å². The van der Waals surface area contributed by atoms with Crippen LogP contribution in [0.15, 0.2) is 91.0 Å². The number of nitrogens with zero attached hydrogens (tertiary/aromatic N) is 1. The van der Waals surface area contributed by atoms with Gasteiger partial charge in [-0.2, -0.15) is 0 Å². The van der Waals surface area contributed by atoms with E-state index in [2.05, 4.69) is 10.2 Å². The summed E-state index contributed by atoms with van der Waals surface area (Å²) >= 11 is 0. The van der Waals surface area contributed by atoms with Gasteiger partial charge in [-0.15, -0.1) is 0 Å². The van der Waals surface area contributed by atoms with E-state index in [9.17, 15) is 14.4 Å². The molecule has 3 aromatic rings. The Balaban J connectivity index is 1.34. The first kappa shape index (κ1) is 30.4. The second-order valence-corrected chi connectivity index (χ2v) is 9.05. The molecular formula is C33H32N2O6. The summed E-state index contributed by atoms with van der Waals surface area (Å²) in [5.74, 6) is -1.30. The zero-order valence-electron chi connectivity index (χ0n) is 22.6. The molecule has 210 valence electrons. The second-order valence-electron chi connectivity index (χ2n) is 9.05. The van der Waals surface area contributed by atoms with E-state index in [1.165, 1.54) is 6.08 Å². The normalized spacial score (nSPS) is 10.8. The fraction of sp³-hybridized carbons (Fsp3) is 0.212. The molecule has 1 amide bonds. The Morgan fingerprint density at radius 3 is 2.15 bits per heavy atom. The van der Waals surface area contributed by atoms with Crippen LogP contribution in [0.5, 0.6) is 5.75 Å². The number of unbranched alkanes of at least 4 members (excludes halogenated alkanes) is 1. The molecule has 3 rings (SSSR count). The lowest BCUT2D eigenvalue weighted by atomic mass is 10.0. The molecule has 2 N–H and O–H groups in total. The molecule has 0 aromatic heterocycles. The van der Waals surface area contributed by atoms with E-state index in [4.69, 9.17) is 21.2 Å². The lowest BCUT2D eigenvalue weighted by Gasteiger charge is -2.06. The monoisotopic (exact) mass is 552 g/mol. The number of carbonyl (C=O) groups excluding carboxylic acids is 2. The van der Waals surface area contributed by atoms with Gasteiger partial charge in [-0.1, -0.05) is 48.5 Å². The number of nitrogens with one attached hydrogen (secondary N) is 1. The van der Waals surface area contributed by atoms with Crippen LogP contribution >= 0.6 is 0 Å². The second kappa shape index (κ2) is 16.7. The maximum absolute atomic E-state index is 12.1. The van der Waals surface area contributed by atoms with E-state index in [0.29, 0.717) is 31.9 Å². The van der Waals surface area contributed by atoms with Crippen molar-refractivity contribution < 1.29 is 29.0 Å². The number of amides is 1. The molecule has 0 aliphatic heterocycles. The lowest BCUT2D eigenvalue weighted by Crippen LogP contribution is -2.08. The van der Waals surface area contributed by atoms with Gasteiger partial charge >= 0.3 is 11.9 Å². The number of hydrogen-bond acceptors (Lipinski definition) is 5. The Morgan fingerprint density at radius 2 is 1.49 bits per heavy atom. The van der Waals surface area contributed by atoms with E-state index >= 15 is 0 Å². The fourth-order valence-electron chi connectivity index (χ4n) is 3.77. The van der Waals surface area contributed by atoms with Crippen LogP contribution in [-0.2, 0) is 25.5 Å². The van der Waals surface area contributed by atoms with Crippen molar-refractivity contribution in [3.63, 3.8) is 0 Å². The van der Waals surface area contributed by atoms with Gasteiger partial charge < -0.3 is 24.7 Å². The Morgan fingerprint density at radius 1 is 0.805 bits per heavy atom. The van der Waals surface area contributed by atoms with Gasteiger partial charge in [0.25, 0.3) is 0 Å². The van der Waals surface area contributed by atoms with E-state index in [0.717, 1.165) is 59.4 Å². The molecule has 0 aliphatic carbocycles. The Hall–Kier alpha value is -5.16. The number of carbonyl (C=O) groups is 3. The van der Waals surface area contributed by atoms with E-state index in [1.807, 2.05) is 60.7 Å². The molecule has 0 spiro atoms. The third kappa shape index (κ3) is 11.6. The Labute approximate surface area is 239 Å². The van der Waals surface area contributed by atoms with E-state index in [1.54, 1.807) is 18.2 Å². The minimum atomic E-state index is -1.18. The van der Waals surface area contributed by atoms with Gasteiger partial charge in [-0.25, -0.2) is 16.2 Å². The van der Waals surface area contributed by atoms with Gasteiger partial charge in [0.15, 0.2) is 0 Å². The summed E-state index contributed by atoms with van der Waals surface area (Å²) in [6.45, 7) is 8.12. The quantitative estimate of drug-likeness (QED) is 0.101. The van der Waals surface area contributed by atoms with Crippen molar-refractivity contribution in [1.29, 1.82) is 0 Å². The predicted octanol–water partition coefficient (Wildman–Crippen LogP) is 6.20. The van der Waals surface area contributed by atoms with Crippen LogP contribution in [0, 0.1) is 6.57 Å². The number of carboxylic acids is 1. The van der Waals surface area contributed by atoms with Gasteiger partial charge in [0.05, 0.1) is 19.6 Å². The first-order chi connectivity index (χ1) is 19.9. The van der Waals surface area contributed by atoms with Crippen molar-refractivity contribution in [2.24, 2.45) is 0 Å². The van der Waals surface area contributed by atoms with Crippen LogP contribution in [0.1, 0.15) is 30.4 Å². The third-order valence-electron chi connectivity index (χ3n) is 5.90. The number of aliphatic carboxylic acids is 1. The average molecular weight is 553 g/mol. The molecule has 0 saturated heterocycles. The smallest absolute Gasteiger partial charge is 0.330 e. The van der Waals surface area contributed by atoms with E-state index in [-0.39, 0.29) is 0 Å². The highest BCUT2D eigenvalue weighted by Gasteiger charge is 2.03. The topological polar surface area (TPSA) is 106 Å². The number of carboxylic acid groups (broad SMARTS) is 1. The zero-order chi connectivity index (χ0) is 29.3. The summed E-state index contributed by atoms with van der Waals surface area (Å²) in [5.41, 5.74) is 4.66. The third-order valence-corrected chi connectivity index (χ3v) is 5.90. The fourth-order valence-corrected chi connectivity index (χ4v) is 3.77. The molecule has 0 fully saturated rings. The summed E-state index contributed by atoms with van der Waals surface area (Å²) in [6, 6.07) is 23.0. The van der Waals surface area contributed by atoms with Gasteiger partial charge in [-0.3, -0.25) is 4.79 Å². The number of aryl methyl sites for hydroxylation is 1. The highest BCUT2D eigenvalue weighted by atomic mass is 16.5. The summed E-state index contributed by atoms with van der Waals surface area (Å²) in [5, 5.41) is 11.2. The molecule has 0 heterocycles. The number of hydrogen-bond donors (Lipinski definition) is 2. The van der Waals surface area contributed by atoms with Crippen LogP contribution in [0.4, 0.5) is 5.69 Å². The summed E-state index contributed by atoms with van der Waals surface area (Å²) < 4.78 is 10.9. The minimum absolute atomic E-state index is 0.325. The maximum atomic E-state index is 12.1. The van der Waals surface area contributed by atoms with Crippen LogP contribution in [-0.4, -0.2) is 42.7 Å². The first-order valence-corrected chi connectivity index (χ1v) is 13.3. The summed E-state index contributed by atoms with van der Waals surface area (Å²) in [7, 11) is 0. The van der Waals surface area contributed by atoms with E-state index < -0.39 is 17.8 Å². The Bertz CT molecular complexity index is 1390. The molecule has 0 bridgehead atoms. The predicted molar refractivity (Wildman–Crippen MR) is 158 cm³/mol. The molecule has 41 heavy (non-hydrogen) atoms. The molecule has 8 heteroatoms. The number of benzene rings is 3. The van der Waals surface area contributed by atoms with Crippen molar-refractivity contribution in [3.8, 4) is 16.9 Å². The zero-order valence-corrected chi connectivity index (χ0v) is 22.6. The lowest BCUT2D eigenvalue weighted by molar-refractivity contribution is -0.137. The minimum Gasteiger partial charge on any atom is -0.493 e.